The Morgan fingerprint density at radius 2 is 2.23 bits per heavy atom. The predicted octanol–water partition coefficient (Wildman–Crippen LogP) is 2.19. The van der Waals surface area contributed by atoms with Gasteiger partial charge in [0, 0.05) is 24.5 Å². The Hall–Kier alpha value is -2.54. The van der Waals surface area contributed by atoms with Gasteiger partial charge in [0.1, 0.15) is 5.82 Å². The number of carbonyl (C=O) groups is 2. The molecule has 1 amide bonds. The number of hydrogen-bond donors (Lipinski definition) is 1. The van der Waals surface area contributed by atoms with Crippen LogP contribution < -0.4 is 5.32 Å². The highest BCUT2D eigenvalue weighted by Crippen LogP contribution is 2.29. The average Bonchev–Trinajstić information content (AvgIpc) is 3.13. The van der Waals surface area contributed by atoms with Crippen LogP contribution in [0.2, 0.25) is 0 Å². The second-order valence-electron chi connectivity index (χ2n) is 5.09. The molecule has 6 nitrogen and oxygen atoms in total. The number of carbonyl (C=O) groups excluding carboxylic acids is 2. The molecule has 7 heteroatoms. The van der Waals surface area contributed by atoms with E-state index in [0.717, 1.165) is 11.0 Å². The van der Waals surface area contributed by atoms with Gasteiger partial charge in [0.2, 0.25) is 5.91 Å². The normalized spacial score (nSPS) is 17.5. The largest absolute Gasteiger partial charge is 0.326 e. The zero-order chi connectivity index (χ0) is 15.1. The van der Waals surface area contributed by atoms with Crippen LogP contribution in [0.5, 0.6) is 0 Å². The highest BCUT2D eigenvalue weighted by atomic mass is 32.1. The molecule has 0 bridgehead atoms. The minimum Gasteiger partial charge on any atom is -0.326 e. The Labute approximate surface area is 129 Å². The number of hydrogen-bond acceptors (Lipinski definition) is 5. The lowest BCUT2D eigenvalue weighted by atomic mass is 9.96. The second kappa shape index (κ2) is 5.03. The standard InChI is InChI=1S/C15H12N4O2S/c20-11-5-7-19-10-4-2-1-3-9(10)17-13(19)12(11)14(21)18-15-16-6-8-22-15/h1-4,6,8,12H,5,7H2,(H,16,18,21). The molecular formula is C15H12N4O2S. The number of benzene rings is 1. The van der Waals surface area contributed by atoms with Crippen molar-refractivity contribution in [2.24, 2.45) is 0 Å². The van der Waals surface area contributed by atoms with Gasteiger partial charge in [-0.3, -0.25) is 9.59 Å². The first kappa shape index (κ1) is 13.1. The maximum atomic E-state index is 12.5. The minimum absolute atomic E-state index is 0.100. The molecule has 0 saturated carbocycles. The predicted molar refractivity (Wildman–Crippen MR) is 82.8 cm³/mol. The highest BCUT2D eigenvalue weighted by molar-refractivity contribution is 7.13. The van der Waals surface area contributed by atoms with E-state index in [4.69, 9.17) is 0 Å². The van der Waals surface area contributed by atoms with Crippen molar-refractivity contribution in [1.82, 2.24) is 14.5 Å². The number of rotatable bonds is 2. The third-order valence-electron chi connectivity index (χ3n) is 3.77. The van der Waals surface area contributed by atoms with Crippen LogP contribution in [0.4, 0.5) is 5.13 Å². The van der Waals surface area contributed by atoms with E-state index in [1.807, 2.05) is 28.8 Å². The number of imidazole rings is 1. The molecule has 1 aromatic carbocycles. The number of anilines is 1. The number of thiazole rings is 1. The van der Waals surface area contributed by atoms with Gasteiger partial charge >= 0.3 is 0 Å². The lowest BCUT2D eigenvalue weighted by Gasteiger charge is -2.21. The van der Waals surface area contributed by atoms with E-state index < -0.39 is 5.92 Å². The van der Waals surface area contributed by atoms with Crippen molar-refractivity contribution in [2.75, 3.05) is 5.32 Å². The molecule has 4 rings (SSSR count). The summed E-state index contributed by atoms with van der Waals surface area (Å²) in [6, 6.07) is 7.67. The van der Waals surface area contributed by atoms with Crippen molar-refractivity contribution < 1.29 is 9.59 Å². The number of nitrogens with one attached hydrogen (secondary N) is 1. The van der Waals surface area contributed by atoms with Gasteiger partial charge in [0.05, 0.1) is 11.0 Å². The molecule has 0 fully saturated rings. The molecule has 1 unspecified atom stereocenters. The topological polar surface area (TPSA) is 76.9 Å². The van der Waals surface area contributed by atoms with Gasteiger partial charge in [-0.2, -0.15) is 0 Å². The molecule has 0 radical (unpaired) electrons. The second-order valence-corrected chi connectivity index (χ2v) is 5.98. The Kier molecular flexibility index (Phi) is 3.00. The Balaban J connectivity index is 1.77. The molecule has 1 atom stereocenters. The molecule has 1 aliphatic rings. The first-order chi connectivity index (χ1) is 10.7. The first-order valence-electron chi connectivity index (χ1n) is 6.92. The fourth-order valence-corrected chi connectivity index (χ4v) is 3.32. The summed E-state index contributed by atoms with van der Waals surface area (Å²) in [5.41, 5.74) is 1.76. The number of amides is 1. The van der Waals surface area contributed by atoms with Gasteiger partial charge in [0.25, 0.3) is 0 Å². The van der Waals surface area contributed by atoms with E-state index in [1.165, 1.54) is 11.3 Å². The van der Waals surface area contributed by atoms with Crippen molar-refractivity contribution in [3.63, 3.8) is 0 Å². The number of aromatic nitrogens is 3. The van der Waals surface area contributed by atoms with Crippen LogP contribution in [-0.2, 0) is 16.1 Å². The fourth-order valence-electron chi connectivity index (χ4n) is 2.79. The van der Waals surface area contributed by atoms with E-state index in [0.29, 0.717) is 23.9 Å². The molecule has 3 heterocycles. The molecule has 2 aromatic heterocycles. The summed E-state index contributed by atoms with van der Waals surface area (Å²) in [4.78, 5) is 33.3. The number of aryl methyl sites for hydroxylation is 1. The molecule has 0 aliphatic carbocycles. The Bertz CT molecular complexity index is 869. The summed E-state index contributed by atoms with van der Waals surface area (Å²) in [5.74, 6) is -0.815. The third kappa shape index (κ3) is 2.01. The van der Waals surface area contributed by atoms with Gasteiger partial charge in [0.15, 0.2) is 16.8 Å². The number of fused-ring (bicyclic) bond motifs is 3. The molecule has 22 heavy (non-hydrogen) atoms. The summed E-state index contributed by atoms with van der Waals surface area (Å²) >= 11 is 1.32. The van der Waals surface area contributed by atoms with Crippen molar-refractivity contribution in [1.29, 1.82) is 0 Å². The number of Topliss-reactive ketones (excluding diaryl/α,β-unsaturated/α-hetero) is 1. The molecule has 0 saturated heterocycles. The lowest BCUT2D eigenvalue weighted by Crippen LogP contribution is -2.34. The summed E-state index contributed by atoms with van der Waals surface area (Å²) in [7, 11) is 0. The van der Waals surface area contributed by atoms with E-state index in [1.54, 1.807) is 11.6 Å². The Morgan fingerprint density at radius 3 is 3.05 bits per heavy atom. The number of ketones is 1. The monoisotopic (exact) mass is 312 g/mol. The summed E-state index contributed by atoms with van der Waals surface area (Å²) in [5, 5.41) is 4.96. The highest BCUT2D eigenvalue weighted by Gasteiger charge is 2.36. The number of para-hydroxylation sites is 2. The lowest BCUT2D eigenvalue weighted by molar-refractivity contribution is -0.128. The quantitative estimate of drug-likeness (QED) is 0.736. The van der Waals surface area contributed by atoms with Crippen LogP contribution in [0.25, 0.3) is 11.0 Å². The zero-order valence-electron chi connectivity index (χ0n) is 11.5. The van der Waals surface area contributed by atoms with E-state index in [-0.39, 0.29) is 11.7 Å². The molecular weight excluding hydrogens is 300 g/mol. The maximum absolute atomic E-state index is 12.5. The average molecular weight is 312 g/mol. The smallest absolute Gasteiger partial charge is 0.244 e. The van der Waals surface area contributed by atoms with Gasteiger partial charge < -0.3 is 9.88 Å². The van der Waals surface area contributed by atoms with Crippen molar-refractivity contribution >= 4 is 39.2 Å². The summed E-state index contributed by atoms with van der Waals surface area (Å²) < 4.78 is 1.96. The van der Waals surface area contributed by atoms with Crippen LogP contribution in [0.15, 0.2) is 35.8 Å². The molecule has 1 N–H and O–H groups in total. The van der Waals surface area contributed by atoms with Gasteiger partial charge in [-0.05, 0) is 12.1 Å². The Morgan fingerprint density at radius 1 is 1.36 bits per heavy atom. The van der Waals surface area contributed by atoms with E-state index in [9.17, 15) is 9.59 Å². The van der Waals surface area contributed by atoms with Gasteiger partial charge in [-0.1, -0.05) is 12.1 Å². The minimum atomic E-state index is -0.870. The third-order valence-corrected chi connectivity index (χ3v) is 4.46. The van der Waals surface area contributed by atoms with Crippen molar-refractivity contribution in [3.8, 4) is 0 Å². The molecule has 110 valence electrons. The van der Waals surface area contributed by atoms with Gasteiger partial charge in [-0.15, -0.1) is 11.3 Å². The molecule has 1 aliphatic heterocycles. The summed E-state index contributed by atoms with van der Waals surface area (Å²) in [6.45, 7) is 0.565. The SMILES string of the molecule is O=C1CCn2c(nc3ccccc32)C1C(=O)Nc1nccs1. The summed E-state index contributed by atoms with van der Waals surface area (Å²) in [6.07, 6.45) is 1.95. The van der Waals surface area contributed by atoms with Crippen LogP contribution >= 0.6 is 11.3 Å². The zero-order valence-corrected chi connectivity index (χ0v) is 12.3. The fraction of sp³-hybridized carbons (Fsp3) is 0.200. The van der Waals surface area contributed by atoms with Crippen molar-refractivity contribution in [2.45, 2.75) is 18.9 Å². The van der Waals surface area contributed by atoms with Crippen molar-refractivity contribution in [3.05, 3.63) is 41.7 Å². The maximum Gasteiger partial charge on any atom is 0.244 e. The van der Waals surface area contributed by atoms with Crippen LogP contribution in [0, 0.1) is 0 Å². The van der Waals surface area contributed by atoms with Gasteiger partial charge in [-0.25, -0.2) is 9.97 Å². The molecule has 3 aromatic rings. The van der Waals surface area contributed by atoms with E-state index >= 15 is 0 Å². The van der Waals surface area contributed by atoms with Crippen LogP contribution in [0.1, 0.15) is 18.2 Å². The first-order valence-corrected chi connectivity index (χ1v) is 7.80. The number of nitrogens with zero attached hydrogens (tertiary/aromatic N) is 3. The molecule has 0 spiro atoms. The van der Waals surface area contributed by atoms with Crippen LogP contribution in [0.3, 0.4) is 0 Å². The van der Waals surface area contributed by atoms with Crippen LogP contribution in [-0.4, -0.2) is 26.2 Å². The van der Waals surface area contributed by atoms with E-state index in [2.05, 4.69) is 15.3 Å².